The first-order chi connectivity index (χ1) is 8.85. The maximum atomic E-state index is 10.9. The topological polar surface area (TPSA) is 72.6 Å². The van der Waals surface area contributed by atoms with Crippen LogP contribution in [0.15, 0.2) is 0 Å². The highest BCUT2D eigenvalue weighted by molar-refractivity contribution is 5.65. The fourth-order valence-electron chi connectivity index (χ4n) is 2.90. The van der Waals surface area contributed by atoms with Crippen LogP contribution in [0.4, 0.5) is 4.79 Å². The van der Waals surface area contributed by atoms with Gasteiger partial charge in [0.15, 0.2) is 0 Å². The molecule has 3 N–H and O–H groups in total. The average Bonchev–Trinajstić information content (AvgIpc) is 2.35. The van der Waals surface area contributed by atoms with Crippen LogP contribution in [0.1, 0.15) is 59.3 Å². The van der Waals surface area contributed by atoms with Crippen LogP contribution in [0.2, 0.25) is 0 Å². The third kappa shape index (κ3) is 5.39. The van der Waals surface area contributed by atoms with Crippen molar-refractivity contribution in [2.24, 2.45) is 23.5 Å². The third-order valence-corrected chi connectivity index (χ3v) is 4.78. The zero-order chi connectivity index (χ0) is 14.5. The number of ether oxygens (including phenoxy) is 1. The van der Waals surface area contributed by atoms with E-state index in [0.29, 0.717) is 18.4 Å². The first-order valence-corrected chi connectivity index (χ1v) is 7.44. The number of carbonyl (C=O) groups excluding carboxylic acids is 1. The van der Waals surface area contributed by atoms with Gasteiger partial charge in [-0.1, -0.05) is 26.2 Å². The van der Waals surface area contributed by atoms with Crippen LogP contribution < -0.4 is 5.73 Å². The number of rotatable bonds is 6. The largest absolute Gasteiger partial charge is 0.443 e. The van der Waals surface area contributed by atoms with Gasteiger partial charge in [0.25, 0.3) is 0 Å². The molecule has 4 nitrogen and oxygen atoms in total. The molecule has 1 unspecified atom stereocenters. The normalized spacial score (nSPS) is 25.9. The second kappa shape index (κ2) is 7.13. The van der Waals surface area contributed by atoms with Crippen LogP contribution in [-0.4, -0.2) is 23.4 Å². The Kier molecular flexibility index (Phi) is 6.11. The van der Waals surface area contributed by atoms with Crippen LogP contribution in [0.25, 0.3) is 0 Å². The molecule has 0 aromatic rings. The molecule has 1 aliphatic rings. The summed E-state index contributed by atoms with van der Waals surface area (Å²) in [5.74, 6) is 1.58. The average molecular weight is 271 g/mol. The van der Waals surface area contributed by atoms with E-state index in [0.717, 1.165) is 25.2 Å². The van der Waals surface area contributed by atoms with E-state index in [2.05, 4.69) is 6.92 Å². The fourth-order valence-corrected chi connectivity index (χ4v) is 2.90. The minimum absolute atomic E-state index is 0.301. The zero-order valence-electron chi connectivity index (χ0n) is 12.5. The van der Waals surface area contributed by atoms with Crippen LogP contribution in [0, 0.1) is 17.8 Å². The number of hydrogen-bond donors (Lipinski definition) is 2. The monoisotopic (exact) mass is 271 g/mol. The smallest absolute Gasteiger partial charge is 0.405 e. The second-order valence-corrected chi connectivity index (χ2v) is 6.57. The molecule has 0 heterocycles. The summed E-state index contributed by atoms with van der Waals surface area (Å²) in [7, 11) is 0. The second-order valence-electron chi connectivity index (χ2n) is 6.57. The van der Waals surface area contributed by atoms with Gasteiger partial charge in [-0.05, 0) is 50.9 Å². The Morgan fingerprint density at radius 2 is 1.84 bits per heavy atom. The lowest BCUT2D eigenvalue weighted by molar-refractivity contribution is -0.000697. The highest BCUT2D eigenvalue weighted by Crippen LogP contribution is 2.34. The van der Waals surface area contributed by atoms with Crippen molar-refractivity contribution in [1.29, 1.82) is 0 Å². The van der Waals surface area contributed by atoms with Gasteiger partial charge in [0.1, 0.15) is 5.60 Å². The van der Waals surface area contributed by atoms with E-state index in [1.807, 2.05) is 13.8 Å². The van der Waals surface area contributed by atoms with Gasteiger partial charge in [-0.25, -0.2) is 4.79 Å². The molecular weight excluding hydrogens is 242 g/mol. The summed E-state index contributed by atoms with van der Waals surface area (Å²) in [6.07, 6.45) is 6.26. The van der Waals surface area contributed by atoms with Gasteiger partial charge in [0, 0.05) is 6.61 Å². The maximum absolute atomic E-state index is 10.9. The van der Waals surface area contributed by atoms with Crippen LogP contribution in [-0.2, 0) is 4.74 Å². The Morgan fingerprint density at radius 3 is 2.32 bits per heavy atom. The molecule has 1 atom stereocenters. The molecule has 0 bridgehead atoms. The van der Waals surface area contributed by atoms with Crippen molar-refractivity contribution in [1.82, 2.24) is 0 Å². The number of nitrogens with two attached hydrogens (primary N) is 1. The molecule has 0 radical (unpaired) electrons. The van der Waals surface area contributed by atoms with E-state index >= 15 is 0 Å². The number of primary amides is 1. The predicted molar refractivity (Wildman–Crippen MR) is 75.7 cm³/mol. The molecule has 19 heavy (non-hydrogen) atoms. The van der Waals surface area contributed by atoms with Crippen molar-refractivity contribution in [3.63, 3.8) is 0 Å². The minimum atomic E-state index is -0.694. The number of amides is 1. The SMILES string of the molecule is CC(CC[C@H]1CC[C@H](CO)CC1)C(C)(C)OC(N)=O. The highest BCUT2D eigenvalue weighted by Gasteiger charge is 2.30. The van der Waals surface area contributed by atoms with Gasteiger partial charge < -0.3 is 15.6 Å². The Labute approximate surface area is 116 Å². The molecule has 1 amide bonds. The van der Waals surface area contributed by atoms with E-state index in [4.69, 9.17) is 15.6 Å². The summed E-state index contributed by atoms with van der Waals surface area (Å²) in [5.41, 5.74) is 4.61. The van der Waals surface area contributed by atoms with Gasteiger partial charge in [0.2, 0.25) is 0 Å². The van der Waals surface area contributed by atoms with Gasteiger partial charge in [-0.2, -0.15) is 0 Å². The molecule has 0 spiro atoms. The summed E-state index contributed by atoms with van der Waals surface area (Å²) in [6.45, 7) is 6.29. The van der Waals surface area contributed by atoms with Crippen molar-refractivity contribution >= 4 is 6.09 Å². The molecule has 0 saturated heterocycles. The van der Waals surface area contributed by atoms with Crippen molar-refractivity contribution in [2.75, 3.05) is 6.61 Å². The first kappa shape index (κ1) is 16.3. The summed E-state index contributed by atoms with van der Waals surface area (Å²) >= 11 is 0. The van der Waals surface area contributed by atoms with Gasteiger partial charge >= 0.3 is 6.09 Å². The maximum Gasteiger partial charge on any atom is 0.405 e. The Morgan fingerprint density at radius 1 is 1.32 bits per heavy atom. The lowest BCUT2D eigenvalue weighted by Gasteiger charge is -2.33. The van der Waals surface area contributed by atoms with Crippen LogP contribution in [0.3, 0.4) is 0 Å². The zero-order valence-corrected chi connectivity index (χ0v) is 12.5. The van der Waals surface area contributed by atoms with E-state index < -0.39 is 11.7 Å². The lowest BCUT2D eigenvalue weighted by Crippen LogP contribution is -2.37. The quantitative estimate of drug-likeness (QED) is 0.779. The number of hydrogen-bond acceptors (Lipinski definition) is 3. The Bertz CT molecular complexity index is 283. The third-order valence-electron chi connectivity index (χ3n) is 4.78. The van der Waals surface area contributed by atoms with Crippen molar-refractivity contribution in [3.8, 4) is 0 Å². The minimum Gasteiger partial charge on any atom is -0.443 e. The highest BCUT2D eigenvalue weighted by atomic mass is 16.6. The fraction of sp³-hybridized carbons (Fsp3) is 0.933. The number of aliphatic hydroxyl groups excluding tert-OH is 1. The molecule has 4 heteroatoms. The van der Waals surface area contributed by atoms with Crippen molar-refractivity contribution < 1.29 is 14.6 Å². The predicted octanol–water partition coefficient (Wildman–Crippen LogP) is 3.08. The first-order valence-electron chi connectivity index (χ1n) is 7.44. The molecule has 0 aromatic carbocycles. The van der Waals surface area contributed by atoms with Gasteiger partial charge in [0.05, 0.1) is 0 Å². The van der Waals surface area contributed by atoms with Gasteiger partial charge in [-0.3, -0.25) is 0 Å². The van der Waals surface area contributed by atoms with Gasteiger partial charge in [-0.15, -0.1) is 0 Å². The molecule has 112 valence electrons. The lowest BCUT2D eigenvalue weighted by atomic mass is 9.78. The molecule has 1 rings (SSSR count). The summed E-state index contributed by atoms with van der Waals surface area (Å²) in [4.78, 5) is 10.9. The molecule has 1 saturated carbocycles. The molecule has 1 fully saturated rings. The van der Waals surface area contributed by atoms with E-state index in [1.165, 1.54) is 19.3 Å². The standard InChI is InChI=1S/C15H29NO3/c1-11(15(2,3)19-14(16)18)4-5-12-6-8-13(10-17)9-7-12/h11-13,17H,4-10H2,1-3H3,(H2,16,18)/t11?,12-,13-. The molecule has 0 aromatic heterocycles. The summed E-state index contributed by atoms with van der Waals surface area (Å²) in [5, 5.41) is 9.13. The Balaban J connectivity index is 2.30. The molecule has 1 aliphatic carbocycles. The van der Waals surface area contributed by atoms with Crippen LogP contribution >= 0.6 is 0 Å². The number of aliphatic hydroxyl groups is 1. The van der Waals surface area contributed by atoms with E-state index in [1.54, 1.807) is 0 Å². The van der Waals surface area contributed by atoms with E-state index in [9.17, 15) is 4.79 Å². The van der Waals surface area contributed by atoms with Crippen LogP contribution in [0.5, 0.6) is 0 Å². The molecular formula is C15H29NO3. The number of carbonyl (C=O) groups is 1. The molecule has 0 aliphatic heterocycles. The summed E-state index contributed by atoms with van der Waals surface area (Å²) in [6, 6.07) is 0. The van der Waals surface area contributed by atoms with Crippen molar-refractivity contribution in [2.45, 2.75) is 64.9 Å². The van der Waals surface area contributed by atoms with E-state index in [-0.39, 0.29) is 0 Å². The Hall–Kier alpha value is -0.770. The summed E-state index contributed by atoms with van der Waals surface area (Å²) < 4.78 is 5.18. The van der Waals surface area contributed by atoms with Crippen molar-refractivity contribution in [3.05, 3.63) is 0 Å².